The largest absolute Gasteiger partial charge is 0.481 e. The van der Waals surface area contributed by atoms with Crippen molar-refractivity contribution in [1.29, 1.82) is 0 Å². The van der Waals surface area contributed by atoms with Gasteiger partial charge in [0.1, 0.15) is 0 Å². The quantitative estimate of drug-likeness (QED) is 0.0678. The minimum Gasteiger partial charge on any atom is -0.481 e. The van der Waals surface area contributed by atoms with E-state index in [1.165, 1.54) is 0 Å². The predicted octanol–water partition coefficient (Wildman–Crippen LogP) is 1.56. The van der Waals surface area contributed by atoms with Gasteiger partial charge in [0.2, 0.25) is 29.5 Å². The van der Waals surface area contributed by atoms with Crippen LogP contribution in [0.15, 0.2) is 30.5 Å². The second-order valence-electron chi connectivity index (χ2n) is 17.5. The molecule has 18 nitrogen and oxygen atoms in total. The van der Waals surface area contributed by atoms with E-state index in [-0.39, 0.29) is 74.1 Å². The highest BCUT2D eigenvalue weighted by Crippen LogP contribution is 2.26. The molecule has 13 N–H and O–H groups in total. The van der Waals surface area contributed by atoms with Crippen molar-refractivity contribution in [2.45, 2.75) is 146 Å². The lowest BCUT2D eigenvalue weighted by atomic mass is 9.83. The molecular weight excluding hydrogens is 799 g/mol. The van der Waals surface area contributed by atoms with Gasteiger partial charge < -0.3 is 58.6 Å². The molecule has 2 aromatic rings. The SMILES string of the molecule is CC(C)C[C@@H](CC(=O)N[C@@H](CCCN)CC(=O)N[C@@H]1CCCC[C@H]1C(=O)N[C@H](CC(=O)N[C@@H](CCC(=O)O)CC(=O)O)Cc1c[nH]c2ccccc12)NC(=O)[C@@H]1CNCC[C@H]1N. The normalized spacial score (nSPS) is 20.9. The van der Waals surface area contributed by atoms with Gasteiger partial charge in [0.25, 0.3) is 0 Å². The Morgan fingerprint density at radius 3 is 2.08 bits per heavy atom. The van der Waals surface area contributed by atoms with Crippen LogP contribution >= 0.6 is 0 Å². The second-order valence-corrected chi connectivity index (χ2v) is 17.5. The highest BCUT2D eigenvalue weighted by Gasteiger charge is 2.35. The van der Waals surface area contributed by atoms with Crippen molar-refractivity contribution < 1.29 is 43.8 Å². The zero-order chi connectivity index (χ0) is 45.2. The Kier molecular flexibility index (Phi) is 20.1. The number of benzene rings is 1. The molecule has 344 valence electrons. The van der Waals surface area contributed by atoms with Crippen molar-refractivity contribution in [1.82, 2.24) is 36.9 Å². The zero-order valence-corrected chi connectivity index (χ0v) is 36.2. The first-order valence-electron chi connectivity index (χ1n) is 22.3. The number of hydrogen-bond acceptors (Lipinski definition) is 10. The van der Waals surface area contributed by atoms with Crippen molar-refractivity contribution in [2.24, 2.45) is 29.2 Å². The van der Waals surface area contributed by atoms with E-state index in [2.05, 4.69) is 36.9 Å². The molecule has 1 aromatic carbocycles. The summed E-state index contributed by atoms with van der Waals surface area (Å²) in [7, 11) is 0. The molecule has 2 aliphatic rings. The van der Waals surface area contributed by atoms with Crippen molar-refractivity contribution in [3.8, 4) is 0 Å². The summed E-state index contributed by atoms with van der Waals surface area (Å²) in [5.41, 5.74) is 13.8. The maximum absolute atomic E-state index is 14.1. The summed E-state index contributed by atoms with van der Waals surface area (Å²) in [5, 5.41) is 37.5. The van der Waals surface area contributed by atoms with Crippen LogP contribution < -0.4 is 43.4 Å². The number of aromatic amines is 1. The van der Waals surface area contributed by atoms with Crippen LogP contribution in [0.3, 0.4) is 0 Å². The summed E-state index contributed by atoms with van der Waals surface area (Å²) in [6.45, 7) is 5.63. The van der Waals surface area contributed by atoms with Gasteiger partial charge in [0, 0.05) is 85.6 Å². The Labute approximate surface area is 363 Å². The molecule has 0 radical (unpaired) electrons. The molecule has 18 heteroatoms. The summed E-state index contributed by atoms with van der Waals surface area (Å²) in [5.74, 6) is -4.77. The molecule has 2 heterocycles. The van der Waals surface area contributed by atoms with Crippen LogP contribution in [0, 0.1) is 17.8 Å². The third-order valence-corrected chi connectivity index (χ3v) is 11.8. The fourth-order valence-electron chi connectivity index (χ4n) is 8.74. The van der Waals surface area contributed by atoms with Gasteiger partial charge in [-0.25, -0.2) is 0 Å². The number of aliphatic carboxylic acids is 2. The average molecular weight is 868 g/mol. The van der Waals surface area contributed by atoms with Crippen LogP contribution in [0.25, 0.3) is 10.9 Å². The number of rotatable bonds is 25. The van der Waals surface area contributed by atoms with Crippen molar-refractivity contribution >= 4 is 52.4 Å². The number of nitrogens with one attached hydrogen (secondary N) is 7. The molecule has 1 aliphatic heterocycles. The van der Waals surface area contributed by atoms with Gasteiger partial charge in [-0.05, 0) is 82.0 Å². The summed E-state index contributed by atoms with van der Waals surface area (Å²) in [6, 6.07) is 4.25. The molecule has 0 bridgehead atoms. The van der Waals surface area contributed by atoms with Gasteiger partial charge in [0.15, 0.2) is 0 Å². The van der Waals surface area contributed by atoms with Gasteiger partial charge in [0.05, 0.1) is 18.3 Å². The van der Waals surface area contributed by atoms with E-state index in [9.17, 15) is 38.7 Å². The summed E-state index contributed by atoms with van der Waals surface area (Å²) >= 11 is 0. The number of aromatic nitrogens is 1. The molecule has 8 atom stereocenters. The Bertz CT molecular complexity index is 1820. The number of carbonyl (C=O) groups excluding carboxylic acids is 5. The van der Waals surface area contributed by atoms with Crippen LogP contribution in [0.2, 0.25) is 0 Å². The highest BCUT2D eigenvalue weighted by molar-refractivity contribution is 5.86. The first-order chi connectivity index (χ1) is 29.6. The minimum atomic E-state index is -1.18. The van der Waals surface area contributed by atoms with Crippen molar-refractivity contribution in [3.63, 3.8) is 0 Å². The lowest BCUT2D eigenvalue weighted by Crippen LogP contribution is -2.54. The number of H-pyrrole nitrogens is 1. The molecule has 1 saturated carbocycles. The zero-order valence-electron chi connectivity index (χ0n) is 36.2. The van der Waals surface area contributed by atoms with Crippen LogP contribution in [0.5, 0.6) is 0 Å². The Balaban J connectivity index is 1.42. The van der Waals surface area contributed by atoms with Gasteiger partial charge in [-0.15, -0.1) is 0 Å². The van der Waals surface area contributed by atoms with Crippen LogP contribution in [0.1, 0.15) is 109 Å². The molecule has 0 spiro atoms. The van der Waals surface area contributed by atoms with E-state index < -0.39 is 66.3 Å². The van der Waals surface area contributed by atoms with E-state index in [1.807, 2.05) is 44.3 Å². The maximum atomic E-state index is 14.1. The Morgan fingerprint density at radius 2 is 1.40 bits per heavy atom. The number of carboxylic acid groups (broad SMARTS) is 2. The molecule has 62 heavy (non-hydrogen) atoms. The monoisotopic (exact) mass is 868 g/mol. The first kappa shape index (κ1) is 49.6. The van der Waals surface area contributed by atoms with Crippen molar-refractivity contribution in [3.05, 3.63) is 36.0 Å². The van der Waals surface area contributed by atoms with Crippen LogP contribution in [-0.2, 0) is 40.0 Å². The Hall–Kier alpha value is -5.07. The van der Waals surface area contributed by atoms with E-state index in [0.29, 0.717) is 51.6 Å². The minimum absolute atomic E-state index is 0.0329. The van der Waals surface area contributed by atoms with E-state index in [4.69, 9.17) is 16.6 Å². The number of carbonyl (C=O) groups is 7. The number of carboxylic acids is 2. The van der Waals surface area contributed by atoms with Crippen LogP contribution in [-0.4, -0.2) is 113 Å². The fourth-order valence-corrected chi connectivity index (χ4v) is 8.74. The molecule has 4 rings (SSSR count). The average Bonchev–Trinajstić information content (AvgIpc) is 3.61. The van der Waals surface area contributed by atoms with Crippen LogP contribution in [0.4, 0.5) is 0 Å². The van der Waals surface area contributed by atoms with E-state index in [1.54, 1.807) is 0 Å². The highest BCUT2D eigenvalue weighted by atomic mass is 16.4. The number of fused-ring (bicyclic) bond motifs is 1. The number of para-hydroxylation sites is 1. The molecule has 1 aliphatic carbocycles. The third kappa shape index (κ3) is 16.7. The molecule has 1 aromatic heterocycles. The van der Waals surface area contributed by atoms with E-state index >= 15 is 0 Å². The van der Waals surface area contributed by atoms with Gasteiger partial charge in [-0.2, -0.15) is 0 Å². The summed E-state index contributed by atoms with van der Waals surface area (Å²) in [6.07, 6.45) is 5.90. The lowest BCUT2D eigenvalue weighted by Gasteiger charge is -2.33. The lowest BCUT2D eigenvalue weighted by molar-refractivity contribution is -0.140. The van der Waals surface area contributed by atoms with Gasteiger partial charge in [-0.1, -0.05) is 44.9 Å². The maximum Gasteiger partial charge on any atom is 0.305 e. The number of hydrogen-bond donors (Lipinski definition) is 11. The summed E-state index contributed by atoms with van der Waals surface area (Å²) in [4.78, 5) is 93.8. The van der Waals surface area contributed by atoms with E-state index in [0.717, 1.165) is 35.9 Å². The first-order valence-corrected chi connectivity index (χ1v) is 22.3. The Morgan fingerprint density at radius 1 is 0.758 bits per heavy atom. The fraction of sp³-hybridized carbons (Fsp3) is 0.659. The number of amides is 5. The molecular formula is C44H69N9O9. The van der Waals surface area contributed by atoms with Gasteiger partial charge >= 0.3 is 11.9 Å². The van der Waals surface area contributed by atoms with Crippen molar-refractivity contribution in [2.75, 3.05) is 19.6 Å². The summed E-state index contributed by atoms with van der Waals surface area (Å²) < 4.78 is 0. The molecule has 0 unspecified atom stereocenters. The standard InChI is InChI=1S/C44H69N9O9/c1-26(2)18-30(51-44(62)34-25-47-17-15-35(34)46)21-38(54)49-28(8-7-16-45)20-40(56)53-37-12-6-4-10-33(37)43(61)52-31(19-27-24-48-36-11-5-3-9-32(27)36)22-39(55)50-29(23-42(59)60)13-14-41(57)58/h3,5,9,11,24,26,28-31,33-35,37,47-48H,4,6-8,10,12-23,25,45-46H2,1-2H3,(H,49,54)(H,50,55)(H,51,62)(H,52,61)(H,53,56)(H,57,58)(H,59,60)/t28-,29-,30-,31-,33+,34+,35+,37+/m0/s1. The predicted molar refractivity (Wildman–Crippen MR) is 233 cm³/mol. The molecule has 5 amide bonds. The third-order valence-electron chi connectivity index (χ3n) is 11.8. The topological polar surface area (TPSA) is 300 Å². The molecule has 2 fully saturated rings. The number of nitrogens with two attached hydrogens (primary N) is 2. The number of piperidine rings is 1. The van der Waals surface area contributed by atoms with Gasteiger partial charge in [-0.3, -0.25) is 33.6 Å². The second kappa shape index (κ2) is 25.1. The molecule has 1 saturated heterocycles. The smallest absolute Gasteiger partial charge is 0.305 e.